The maximum absolute atomic E-state index is 12.4. The average Bonchev–Trinajstić information content (AvgIpc) is 3.07. The molecule has 0 saturated carbocycles. The maximum atomic E-state index is 12.4. The summed E-state index contributed by atoms with van der Waals surface area (Å²) in [6.45, 7) is 3.21. The minimum atomic E-state index is -0.0857. The second-order valence-electron chi connectivity index (χ2n) is 7.32. The van der Waals surface area contributed by atoms with Gasteiger partial charge in [-0.3, -0.25) is 4.79 Å². The Bertz CT molecular complexity index is 1040. The zero-order chi connectivity index (χ0) is 20.1. The summed E-state index contributed by atoms with van der Waals surface area (Å²) >= 11 is 0. The molecule has 0 radical (unpaired) electrons. The van der Waals surface area contributed by atoms with Crippen LogP contribution in [0.25, 0.3) is 10.9 Å². The number of benzene rings is 2. The van der Waals surface area contributed by atoms with E-state index >= 15 is 0 Å². The zero-order valence-corrected chi connectivity index (χ0v) is 16.9. The molecule has 1 aromatic heterocycles. The first-order valence-corrected chi connectivity index (χ1v) is 10.4. The Kier molecular flexibility index (Phi) is 5.94. The molecule has 5 nitrogen and oxygen atoms in total. The molecule has 29 heavy (non-hydrogen) atoms. The van der Waals surface area contributed by atoms with Gasteiger partial charge in [-0.25, -0.2) is 5.43 Å². The summed E-state index contributed by atoms with van der Waals surface area (Å²) in [6.07, 6.45) is 6.74. The summed E-state index contributed by atoms with van der Waals surface area (Å²) < 4.78 is 7.91. The summed E-state index contributed by atoms with van der Waals surface area (Å²) in [5.74, 6) is 0.677. The van der Waals surface area contributed by atoms with Crippen molar-refractivity contribution in [3.63, 3.8) is 0 Å². The highest BCUT2D eigenvalue weighted by molar-refractivity contribution is 5.87. The molecule has 4 rings (SSSR count). The number of amides is 1. The first-order chi connectivity index (χ1) is 14.3. The zero-order valence-electron chi connectivity index (χ0n) is 16.9. The van der Waals surface area contributed by atoms with Crippen molar-refractivity contribution in [3.8, 4) is 5.75 Å². The number of aromatic nitrogens is 1. The summed E-state index contributed by atoms with van der Waals surface area (Å²) in [4.78, 5) is 12.4. The molecule has 150 valence electrons. The molecule has 0 bridgehead atoms. The standard InChI is InChI=1S/C24H27N3O2/c1-2-29-23-14-8-3-9-18(23)17-25-26-24(28)15-16-27-21-12-6-4-10-19(21)20-11-5-7-13-22(20)27/h3-4,6,8-10,12,14,17H,2,5,7,11,13,15-16H2,1H3,(H,26,28)/b25-17+. The molecule has 0 fully saturated rings. The molecule has 5 heteroatoms. The molecular weight excluding hydrogens is 362 g/mol. The molecule has 0 aliphatic heterocycles. The first-order valence-electron chi connectivity index (χ1n) is 10.4. The largest absolute Gasteiger partial charge is 0.493 e. The Labute approximate surface area is 171 Å². The van der Waals surface area contributed by atoms with Crippen molar-refractivity contribution in [2.45, 2.75) is 45.6 Å². The van der Waals surface area contributed by atoms with E-state index in [0.29, 0.717) is 19.6 Å². The van der Waals surface area contributed by atoms with Crippen LogP contribution in [-0.4, -0.2) is 23.3 Å². The van der Waals surface area contributed by atoms with Gasteiger partial charge in [0.2, 0.25) is 5.91 Å². The van der Waals surface area contributed by atoms with Crippen LogP contribution < -0.4 is 10.2 Å². The quantitative estimate of drug-likeness (QED) is 0.479. The van der Waals surface area contributed by atoms with Crippen molar-refractivity contribution >= 4 is 23.0 Å². The van der Waals surface area contributed by atoms with Crippen molar-refractivity contribution in [1.29, 1.82) is 0 Å². The van der Waals surface area contributed by atoms with Gasteiger partial charge in [0.15, 0.2) is 0 Å². The van der Waals surface area contributed by atoms with Gasteiger partial charge in [-0.15, -0.1) is 0 Å². The van der Waals surface area contributed by atoms with Crippen molar-refractivity contribution < 1.29 is 9.53 Å². The number of ether oxygens (including phenoxy) is 1. The second-order valence-corrected chi connectivity index (χ2v) is 7.32. The van der Waals surface area contributed by atoms with Crippen LogP contribution >= 0.6 is 0 Å². The third-order valence-corrected chi connectivity index (χ3v) is 5.46. The highest BCUT2D eigenvalue weighted by atomic mass is 16.5. The molecule has 1 heterocycles. The minimum absolute atomic E-state index is 0.0857. The molecule has 0 saturated heterocycles. The average molecular weight is 389 g/mol. The maximum Gasteiger partial charge on any atom is 0.241 e. The van der Waals surface area contributed by atoms with Gasteiger partial charge in [0.1, 0.15) is 5.75 Å². The SMILES string of the molecule is CCOc1ccccc1/C=N/NC(=O)CCn1c2c(c3ccccc31)CCCC2. The molecule has 2 aromatic carbocycles. The lowest BCUT2D eigenvalue weighted by Gasteiger charge is -2.15. The van der Waals surface area contributed by atoms with Gasteiger partial charge < -0.3 is 9.30 Å². The van der Waals surface area contributed by atoms with Gasteiger partial charge in [0, 0.05) is 35.1 Å². The molecule has 1 aliphatic rings. The number of hydrogen-bond acceptors (Lipinski definition) is 3. The van der Waals surface area contributed by atoms with Crippen molar-refractivity contribution in [2.75, 3.05) is 6.61 Å². The van der Waals surface area contributed by atoms with Gasteiger partial charge in [-0.05, 0) is 56.4 Å². The molecule has 1 N–H and O–H groups in total. The van der Waals surface area contributed by atoms with Gasteiger partial charge in [-0.1, -0.05) is 30.3 Å². The van der Waals surface area contributed by atoms with Gasteiger partial charge in [0.05, 0.1) is 12.8 Å². The Morgan fingerprint density at radius 2 is 1.93 bits per heavy atom. The number of rotatable bonds is 7. The number of fused-ring (bicyclic) bond motifs is 3. The van der Waals surface area contributed by atoms with E-state index < -0.39 is 0 Å². The van der Waals surface area contributed by atoms with E-state index in [-0.39, 0.29) is 5.91 Å². The number of hydrogen-bond donors (Lipinski definition) is 1. The third-order valence-electron chi connectivity index (χ3n) is 5.46. The highest BCUT2D eigenvalue weighted by Gasteiger charge is 2.19. The fraction of sp³-hybridized carbons (Fsp3) is 0.333. The van der Waals surface area contributed by atoms with Crippen molar-refractivity contribution in [2.24, 2.45) is 5.10 Å². The summed E-state index contributed by atoms with van der Waals surface area (Å²) in [7, 11) is 0. The number of carbonyl (C=O) groups excluding carboxylic acids is 1. The van der Waals surface area contributed by atoms with E-state index in [2.05, 4.69) is 39.4 Å². The number of aryl methyl sites for hydroxylation is 2. The Balaban J connectivity index is 1.42. The highest BCUT2D eigenvalue weighted by Crippen LogP contribution is 2.32. The van der Waals surface area contributed by atoms with Crippen LogP contribution in [0.15, 0.2) is 53.6 Å². The molecule has 1 aliphatic carbocycles. The summed E-state index contributed by atoms with van der Waals surface area (Å²) in [5.41, 5.74) is 7.61. The van der Waals surface area contributed by atoms with Crippen molar-refractivity contribution in [1.82, 2.24) is 9.99 Å². The van der Waals surface area contributed by atoms with Gasteiger partial charge in [0.25, 0.3) is 0 Å². The number of nitrogens with one attached hydrogen (secondary N) is 1. The normalized spacial score (nSPS) is 13.6. The van der Waals surface area contributed by atoms with Gasteiger partial charge in [-0.2, -0.15) is 5.10 Å². The van der Waals surface area contributed by atoms with E-state index in [4.69, 9.17) is 4.74 Å². The topological polar surface area (TPSA) is 55.6 Å². The predicted molar refractivity (Wildman–Crippen MR) is 117 cm³/mol. The fourth-order valence-electron chi connectivity index (χ4n) is 4.16. The first kappa shape index (κ1) is 19.2. The summed E-state index contributed by atoms with van der Waals surface area (Å²) in [5, 5.41) is 5.46. The van der Waals surface area contributed by atoms with Crippen LogP contribution in [0.3, 0.4) is 0 Å². The molecule has 0 unspecified atom stereocenters. The van der Waals surface area contributed by atoms with Crippen LogP contribution in [0.5, 0.6) is 5.75 Å². The van der Waals surface area contributed by atoms with E-state index in [1.807, 2.05) is 31.2 Å². The van der Waals surface area contributed by atoms with E-state index in [9.17, 15) is 4.79 Å². The Hall–Kier alpha value is -3.08. The fourth-order valence-corrected chi connectivity index (χ4v) is 4.16. The van der Waals surface area contributed by atoms with Crippen LogP contribution in [-0.2, 0) is 24.2 Å². The van der Waals surface area contributed by atoms with Crippen molar-refractivity contribution in [3.05, 3.63) is 65.4 Å². The number of carbonyl (C=O) groups is 1. The third kappa shape index (κ3) is 4.19. The predicted octanol–water partition coefficient (Wildman–Crippen LogP) is 4.46. The molecule has 1 amide bonds. The number of nitrogens with zero attached hydrogens (tertiary/aromatic N) is 2. The Morgan fingerprint density at radius 1 is 1.14 bits per heavy atom. The monoisotopic (exact) mass is 389 g/mol. The minimum Gasteiger partial charge on any atom is -0.493 e. The van der Waals surface area contributed by atoms with E-state index in [1.165, 1.54) is 35.0 Å². The number of para-hydroxylation sites is 2. The molecular formula is C24H27N3O2. The van der Waals surface area contributed by atoms with Crippen LogP contribution in [0, 0.1) is 0 Å². The molecule has 0 spiro atoms. The van der Waals surface area contributed by atoms with Gasteiger partial charge >= 0.3 is 0 Å². The van der Waals surface area contributed by atoms with Crippen LogP contribution in [0.4, 0.5) is 0 Å². The Morgan fingerprint density at radius 3 is 2.83 bits per heavy atom. The number of hydrazone groups is 1. The summed E-state index contributed by atoms with van der Waals surface area (Å²) in [6, 6.07) is 16.2. The van der Waals surface area contributed by atoms with Crippen LogP contribution in [0.2, 0.25) is 0 Å². The molecule has 0 atom stereocenters. The lowest BCUT2D eigenvalue weighted by Crippen LogP contribution is -2.20. The lowest BCUT2D eigenvalue weighted by molar-refractivity contribution is -0.121. The van der Waals surface area contributed by atoms with Crippen LogP contribution in [0.1, 0.15) is 43.0 Å². The van der Waals surface area contributed by atoms with E-state index in [0.717, 1.165) is 24.2 Å². The van der Waals surface area contributed by atoms with E-state index in [1.54, 1.807) is 6.21 Å². The molecule has 3 aromatic rings. The lowest BCUT2D eigenvalue weighted by atomic mass is 9.95. The smallest absolute Gasteiger partial charge is 0.241 e. The second kappa shape index (κ2) is 8.95.